The van der Waals surface area contributed by atoms with E-state index in [-0.39, 0.29) is 0 Å². The van der Waals surface area contributed by atoms with Crippen molar-refractivity contribution in [1.29, 1.82) is 0 Å². The first kappa shape index (κ1) is 15.1. The number of rotatable bonds is 5. The van der Waals surface area contributed by atoms with Gasteiger partial charge in [0.15, 0.2) is 0 Å². The molecule has 1 unspecified atom stereocenters. The van der Waals surface area contributed by atoms with Gasteiger partial charge in [-0.1, -0.05) is 54.6 Å². The van der Waals surface area contributed by atoms with Gasteiger partial charge < -0.3 is 5.32 Å². The minimum Gasteiger partial charge on any atom is -0.310 e. The molecule has 0 heterocycles. The molecule has 1 aliphatic carbocycles. The third kappa shape index (κ3) is 3.82. The Bertz CT molecular complexity index is 422. The van der Waals surface area contributed by atoms with Crippen molar-refractivity contribution in [2.75, 3.05) is 6.54 Å². The van der Waals surface area contributed by atoms with Crippen LogP contribution in [0.5, 0.6) is 0 Å². The maximum Gasteiger partial charge on any atom is 0.0325 e. The lowest BCUT2D eigenvalue weighted by Crippen LogP contribution is -2.24. The summed E-state index contributed by atoms with van der Waals surface area (Å²) in [5, 5.41) is 3.70. The molecule has 1 aromatic rings. The minimum atomic E-state index is 0.528. The van der Waals surface area contributed by atoms with Crippen LogP contribution in [0.15, 0.2) is 16.6 Å². The first-order chi connectivity index (χ1) is 9.11. The fourth-order valence-electron chi connectivity index (χ4n) is 3.32. The molecule has 1 saturated carbocycles. The normalized spacial score (nSPS) is 17.9. The number of hydrogen-bond donors (Lipinski definition) is 1. The molecule has 106 valence electrons. The SMILES string of the molecule is CCNC(CC1CCCC1)c1cc(C)c(Br)cc1C. The first-order valence-electron chi connectivity index (χ1n) is 7.61. The molecule has 0 bridgehead atoms. The van der Waals surface area contributed by atoms with Crippen LogP contribution in [0.25, 0.3) is 0 Å². The zero-order chi connectivity index (χ0) is 13.8. The molecule has 2 rings (SSSR count). The number of hydrogen-bond acceptors (Lipinski definition) is 1. The zero-order valence-corrected chi connectivity index (χ0v) is 14.0. The highest BCUT2D eigenvalue weighted by Gasteiger charge is 2.22. The number of halogens is 1. The van der Waals surface area contributed by atoms with Gasteiger partial charge in [0, 0.05) is 10.5 Å². The Kier molecular flexibility index (Phi) is 5.47. The molecule has 0 spiro atoms. The van der Waals surface area contributed by atoms with E-state index in [0.29, 0.717) is 6.04 Å². The summed E-state index contributed by atoms with van der Waals surface area (Å²) in [6.07, 6.45) is 7.02. The van der Waals surface area contributed by atoms with Gasteiger partial charge in [-0.25, -0.2) is 0 Å². The number of benzene rings is 1. The van der Waals surface area contributed by atoms with Crippen LogP contribution in [0, 0.1) is 19.8 Å². The van der Waals surface area contributed by atoms with Gasteiger partial charge in [-0.15, -0.1) is 0 Å². The van der Waals surface area contributed by atoms with Gasteiger partial charge in [0.1, 0.15) is 0 Å². The van der Waals surface area contributed by atoms with E-state index in [1.807, 2.05) is 0 Å². The highest BCUT2D eigenvalue weighted by atomic mass is 79.9. The van der Waals surface area contributed by atoms with Crippen molar-refractivity contribution in [2.24, 2.45) is 5.92 Å². The fourth-order valence-corrected chi connectivity index (χ4v) is 3.78. The lowest BCUT2D eigenvalue weighted by atomic mass is 9.90. The van der Waals surface area contributed by atoms with Crippen LogP contribution in [0.1, 0.15) is 61.8 Å². The average molecular weight is 324 g/mol. The van der Waals surface area contributed by atoms with E-state index in [4.69, 9.17) is 0 Å². The molecule has 1 N–H and O–H groups in total. The van der Waals surface area contributed by atoms with Gasteiger partial charge in [-0.2, -0.15) is 0 Å². The molecule has 2 heteroatoms. The van der Waals surface area contributed by atoms with E-state index in [1.54, 1.807) is 0 Å². The molecule has 19 heavy (non-hydrogen) atoms. The Morgan fingerprint density at radius 2 is 1.89 bits per heavy atom. The van der Waals surface area contributed by atoms with Gasteiger partial charge in [0.05, 0.1) is 0 Å². The summed E-state index contributed by atoms with van der Waals surface area (Å²) in [5.41, 5.74) is 4.24. The predicted molar refractivity (Wildman–Crippen MR) is 86.6 cm³/mol. The number of aryl methyl sites for hydroxylation is 2. The molecule has 0 radical (unpaired) electrons. The summed E-state index contributed by atoms with van der Waals surface area (Å²) in [7, 11) is 0. The van der Waals surface area contributed by atoms with E-state index in [9.17, 15) is 0 Å². The topological polar surface area (TPSA) is 12.0 Å². The van der Waals surface area contributed by atoms with Crippen LogP contribution in [-0.4, -0.2) is 6.54 Å². The van der Waals surface area contributed by atoms with E-state index >= 15 is 0 Å². The van der Waals surface area contributed by atoms with Crippen LogP contribution >= 0.6 is 15.9 Å². The van der Waals surface area contributed by atoms with Crippen molar-refractivity contribution in [1.82, 2.24) is 5.32 Å². The fraction of sp³-hybridized carbons (Fsp3) is 0.647. The summed E-state index contributed by atoms with van der Waals surface area (Å²) in [5.74, 6) is 0.924. The van der Waals surface area contributed by atoms with Crippen molar-refractivity contribution in [3.05, 3.63) is 33.3 Å². The van der Waals surface area contributed by atoms with Crippen molar-refractivity contribution >= 4 is 15.9 Å². The highest BCUT2D eigenvalue weighted by molar-refractivity contribution is 9.10. The number of nitrogens with one attached hydrogen (secondary N) is 1. The Balaban J connectivity index is 2.19. The molecule has 0 saturated heterocycles. The predicted octanol–water partition coefficient (Wildman–Crippen LogP) is 5.30. The van der Waals surface area contributed by atoms with E-state index < -0.39 is 0 Å². The molecular formula is C17H26BrN. The Morgan fingerprint density at radius 1 is 1.21 bits per heavy atom. The Hall–Kier alpha value is -0.340. The second-order valence-corrected chi connectivity index (χ2v) is 6.81. The third-order valence-electron chi connectivity index (χ3n) is 4.42. The molecular weight excluding hydrogens is 298 g/mol. The molecule has 1 aliphatic rings. The molecule has 0 aliphatic heterocycles. The van der Waals surface area contributed by atoms with Crippen molar-refractivity contribution < 1.29 is 0 Å². The smallest absolute Gasteiger partial charge is 0.0325 e. The Labute approximate surface area is 126 Å². The van der Waals surface area contributed by atoms with E-state index in [0.717, 1.165) is 12.5 Å². The Morgan fingerprint density at radius 3 is 2.53 bits per heavy atom. The molecule has 1 fully saturated rings. The zero-order valence-electron chi connectivity index (χ0n) is 12.4. The summed E-state index contributed by atoms with van der Waals surface area (Å²) in [6.45, 7) is 7.68. The van der Waals surface area contributed by atoms with Gasteiger partial charge in [0.2, 0.25) is 0 Å². The largest absolute Gasteiger partial charge is 0.310 e. The molecule has 1 atom stereocenters. The van der Waals surface area contributed by atoms with Gasteiger partial charge in [0.25, 0.3) is 0 Å². The third-order valence-corrected chi connectivity index (χ3v) is 5.27. The van der Waals surface area contributed by atoms with Gasteiger partial charge >= 0.3 is 0 Å². The van der Waals surface area contributed by atoms with Crippen LogP contribution < -0.4 is 5.32 Å². The van der Waals surface area contributed by atoms with Crippen LogP contribution in [0.3, 0.4) is 0 Å². The van der Waals surface area contributed by atoms with Crippen molar-refractivity contribution in [2.45, 2.75) is 58.9 Å². The summed E-state index contributed by atoms with van der Waals surface area (Å²) in [6, 6.07) is 5.16. The highest BCUT2D eigenvalue weighted by Crippen LogP contribution is 2.35. The van der Waals surface area contributed by atoms with Crippen LogP contribution in [0.4, 0.5) is 0 Å². The van der Waals surface area contributed by atoms with Crippen LogP contribution in [0.2, 0.25) is 0 Å². The summed E-state index contributed by atoms with van der Waals surface area (Å²) < 4.78 is 1.23. The van der Waals surface area contributed by atoms with E-state index in [2.05, 4.69) is 54.2 Å². The molecule has 0 aromatic heterocycles. The second-order valence-electron chi connectivity index (χ2n) is 5.95. The minimum absolute atomic E-state index is 0.528. The van der Waals surface area contributed by atoms with Crippen molar-refractivity contribution in [3.63, 3.8) is 0 Å². The monoisotopic (exact) mass is 323 g/mol. The lowest BCUT2D eigenvalue weighted by Gasteiger charge is -2.24. The van der Waals surface area contributed by atoms with Gasteiger partial charge in [-0.05, 0) is 55.5 Å². The lowest BCUT2D eigenvalue weighted by molar-refractivity contribution is 0.399. The maximum atomic E-state index is 3.70. The average Bonchev–Trinajstić information content (AvgIpc) is 2.86. The summed E-state index contributed by atoms with van der Waals surface area (Å²) in [4.78, 5) is 0. The maximum absolute atomic E-state index is 3.70. The quantitative estimate of drug-likeness (QED) is 0.775. The molecule has 1 nitrogen and oxygen atoms in total. The molecule has 0 amide bonds. The molecule has 1 aromatic carbocycles. The van der Waals surface area contributed by atoms with Crippen molar-refractivity contribution in [3.8, 4) is 0 Å². The van der Waals surface area contributed by atoms with E-state index in [1.165, 1.54) is 53.3 Å². The summed E-state index contributed by atoms with van der Waals surface area (Å²) >= 11 is 3.64. The first-order valence-corrected chi connectivity index (χ1v) is 8.41. The van der Waals surface area contributed by atoms with Gasteiger partial charge in [-0.3, -0.25) is 0 Å². The second kappa shape index (κ2) is 6.90. The van der Waals surface area contributed by atoms with Crippen LogP contribution in [-0.2, 0) is 0 Å². The standard InChI is InChI=1S/C17H26BrN/c1-4-19-17(11-14-7-5-6-8-14)15-9-13(3)16(18)10-12(15)2/h9-10,14,17,19H,4-8,11H2,1-3H3.